The van der Waals surface area contributed by atoms with Crippen molar-refractivity contribution in [3.8, 4) is 0 Å². The molecule has 2 aromatic carbocycles. The van der Waals surface area contributed by atoms with Gasteiger partial charge in [-0.25, -0.2) is 14.5 Å². The second-order valence-corrected chi connectivity index (χ2v) is 6.12. The number of amides is 4. The van der Waals surface area contributed by atoms with E-state index in [1.54, 1.807) is 16.7 Å². The van der Waals surface area contributed by atoms with Gasteiger partial charge in [0.2, 0.25) is 0 Å². The molecule has 6 heteroatoms. The number of hydrogen-bond acceptors (Lipinski definition) is 3. The predicted molar refractivity (Wildman–Crippen MR) is 84.6 cm³/mol. The lowest BCUT2D eigenvalue weighted by Gasteiger charge is -2.32. The highest BCUT2D eigenvalue weighted by Crippen LogP contribution is 2.48. The fourth-order valence-corrected chi connectivity index (χ4v) is 3.74. The van der Waals surface area contributed by atoms with E-state index >= 15 is 0 Å². The zero-order chi connectivity index (χ0) is 15.1. The SMILES string of the molecule is O=C1NCCN1C(=O)N1c2ccccc2Sc2ccccc21. The molecule has 1 saturated heterocycles. The molecular weight excluding hydrogens is 298 g/mol. The van der Waals surface area contributed by atoms with Gasteiger partial charge in [0.15, 0.2) is 0 Å². The molecule has 2 heterocycles. The van der Waals surface area contributed by atoms with Gasteiger partial charge in [0.25, 0.3) is 0 Å². The van der Waals surface area contributed by atoms with E-state index in [4.69, 9.17) is 0 Å². The molecular formula is C16H13N3O2S. The first-order valence-electron chi connectivity index (χ1n) is 7.01. The summed E-state index contributed by atoms with van der Waals surface area (Å²) in [7, 11) is 0. The van der Waals surface area contributed by atoms with E-state index in [9.17, 15) is 9.59 Å². The number of fused-ring (bicyclic) bond motifs is 2. The summed E-state index contributed by atoms with van der Waals surface area (Å²) in [5.74, 6) is 0. The Labute approximate surface area is 131 Å². The van der Waals surface area contributed by atoms with Crippen molar-refractivity contribution < 1.29 is 9.59 Å². The Kier molecular flexibility index (Phi) is 3.04. The molecule has 110 valence electrons. The van der Waals surface area contributed by atoms with Crippen LogP contribution in [0.15, 0.2) is 58.3 Å². The van der Waals surface area contributed by atoms with E-state index < -0.39 is 0 Å². The largest absolute Gasteiger partial charge is 0.337 e. The molecule has 4 rings (SSSR count). The minimum atomic E-state index is -0.335. The minimum absolute atomic E-state index is 0.310. The maximum Gasteiger partial charge on any atom is 0.337 e. The van der Waals surface area contributed by atoms with Crippen molar-refractivity contribution >= 4 is 35.2 Å². The average molecular weight is 311 g/mol. The van der Waals surface area contributed by atoms with Crippen LogP contribution < -0.4 is 10.2 Å². The van der Waals surface area contributed by atoms with Crippen molar-refractivity contribution in [1.82, 2.24) is 10.2 Å². The molecule has 0 aliphatic carbocycles. The molecule has 2 aliphatic rings. The van der Waals surface area contributed by atoms with Crippen molar-refractivity contribution in [3.05, 3.63) is 48.5 Å². The van der Waals surface area contributed by atoms with Gasteiger partial charge in [0.05, 0.1) is 11.4 Å². The Bertz CT molecular complexity index is 732. The number of anilines is 2. The summed E-state index contributed by atoms with van der Waals surface area (Å²) in [5, 5.41) is 2.67. The normalized spacial score (nSPS) is 16.1. The summed E-state index contributed by atoms with van der Waals surface area (Å²) in [6.07, 6.45) is 0. The van der Waals surface area contributed by atoms with Crippen LogP contribution in [-0.4, -0.2) is 30.1 Å². The van der Waals surface area contributed by atoms with Gasteiger partial charge in [0, 0.05) is 22.9 Å². The molecule has 2 aromatic rings. The first kappa shape index (κ1) is 13.2. The van der Waals surface area contributed by atoms with Gasteiger partial charge >= 0.3 is 12.1 Å². The standard InChI is InChI=1S/C16H13N3O2S/c20-15-17-9-10-18(15)16(21)19-11-5-1-3-7-13(11)22-14-8-4-2-6-12(14)19/h1-8H,9-10H2,(H,17,20). The molecule has 0 radical (unpaired) electrons. The summed E-state index contributed by atoms with van der Waals surface area (Å²) >= 11 is 1.63. The lowest BCUT2D eigenvalue weighted by Crippen LogP contribution is -2.43. The molecule has 0 bridgehead atoms. The number of benzene rings is 2. The topological polar surface area (TPSA) is 52.7 Å². The third kappa shape index (κ3) is 1.95. The van der Waals surface area contributed by atoms with Gasteiger partial charge in [-0.05, 0) is 24.3 Å². The Balaban J connectivity index is 1.84. The highest BCUT2D eigenvalue weighted by Gasteiger charge is 2.35. The first-order chi connectivity index (χ1) is 10.8. The molecule has 4 amide bonds. The molecule has 22 heavy (non-hydrogen) atoms. The van der Waals surface area contributed by atoms with Gasteiger partial charge < -0.3 is 5.32 Å². The van der Waals surface area contributed by atoms with Gasteiger partial charge in [-0.3, -0.25) is 4.90 Å². The summed E-state index contributed by atoms with van der Waals surface area (Å²) in [6, 6.07) is 14.8. The smallest absolute Gasteiger partial charge is 0.336 e. The third-order valence-corrected chi connectivity index (χ3v) is 4.84. The van der Waals surface area contributed by atoms with Crippen molar-refractivity contribution in [1.29, 1.82) is 0 Å². The molecule has 5 nitrogen and oxygen atoms in total. The number of carbonyl (C=O) groups excluding carboxylic acids is 2. The molecule has 0 saturated carbocycles. The second kappa shape index (κ2) is 5.06. The maximum absolute atomic E-state index is 12.9. The lowest BCUT2D eigenvalue weighted by atomic mass is 10.2. The van der Waals surface area contributed by atoms with E-state index in [0.717, 1.165) is 21.2 Å². The number of carbonyl (C=O) groups is 2. The number of hydrogen-bond donors (Lipinski definition) is 1. The third-order valence-electron chi connectivity index (χ3n) is 3.71. The van der Waals surface area contributed by atoms with Gasteiger partial charge in [-0.15, -0.1) is 0 Å². The van der Waals surface area contributed by atoms with Crippen molar-refractivity contribution in [2.75, 3.05) is 18.0 Å². The molecule has 1 N–H and O–H groups in total. The molecule has 0 spiro atoms. The highest BCUT2D eigenvalue weighted by molar-refractivity contribution is 7.99. The van der Waals surface area contributed by atoms with E-state index in [2.05, 4.69) is 5.32 Å². The van der Waals surface area contributed by atoms with Gasteiger partial charge in [-0.2, -0.15) is 0 Å². The lowest BCUT2D eigenvalue weighted by molar-refractivity contribution is 0.204. The zero-order valence-corrected chi connectivity index (χ0v) is 12.5. The second-order valence-electron chi connectivity index (χ2n) is 5.04. The first-order valence-corrected chi connectivity index (χ1v) is 7.83. The van der Waals surface area contributed by atoms with Crippen LogP contribution in [0.4, 0.5) is 21.0 Å². The Hall–Kier alpha value is -2.47. The Morgan fingerprint density at radius 1 is 1.00 bits per heavy atom. The zero-order valence-electron chi connectivity index (χ0n) is 11.7. The van der Waals surface area contributed by atoms with E-state index in [1.165, 1.54) is 4.90 Å². The molecule has 2 aliphatic heterocycles. The van der Waals surface area contributed by atoms with Gasteiger partial charge in [-0.1, -0.05) is 36.0 Å². The van der Waals surface area contributed by atoms with Crippen LogP contribution in [0.2, 0.25) is 0 Å². The molecule has 0 atom stereocenters. The fourth-order valence-electron chi connectivity index (χ4n) is 2.69. The van der Waals surface area contributed by atoms with Crippen LogP contribution in [0.1, 0.15) is 0 Å². The monoisotopic (exact) mass is 311 g/mol. The van der Waals surface area contributed by atoms with Crippen molar-refractivity contribution in [2.24, 2.45) is 0 Å². The summed E-state index contributed by atoms with van der Waals surface area (Å²) in [5.41, 5.74) is 1.63. The van der Waals surface area contributed by atoms with Crippen LogP contribution in [0.5, 0.6) is 0 Å². The summed E-state index contributed by atoms with van der Waals surface area (Å²) < 4.78 is 0. The quantitative estimate of drug-likeness (QED) is 0.811. The van der Waals surface area contributed by atoms with Crippen LogP contribution in [0.3, 0.4) is 0 Å². The number of imide groups is 1. The number of para-hydroxylation sites is 2. The van der Waals surface area contributed by atoms with Crippen molar-refractivity contribution in [3.63, 3.8) is 0 Å². The number of urea groups is 2. The number of rotatable bonds is 0. The average Bonchev–Trinajstić information content (AvgIpc) is 2.98. The number of nitrogens with one attached hydrogen (secondary N) is 1. The van der Waals surface area contributed by atoms with Crippen LogP contribution in [-0.2, 0) is 0 Å². The van der Waals surface area contributed by atoms with E-state index in [1.807, 2.05) is 48.5 Å². The summed E-state index contributed by atoms with van der Waals surface area (Å²) in [6.45, 7) is 0.891. The predicted octanol–water partition coefficient (Wildman–Crippen LogP) is 3.43. The molecule has 0 aromatic heterocycles. The fraction of sp³-hybridized carbons (Fsp3) is 0.125. The maximum atomic E-state index is 12.9. The van der Waals surface area contributed by atoms with Crippen molar-refractivity contribution in [2.45, 2.75) is 9.79 Å². The van der Waals surface area contributed by atoms with E-state index in [0.29, 0.717) is 13.1 Å². The van der Waals surface area contributed by atoms with E-state index in [-0.39, 0.29) is 12.1 Å². The number of nitrogens with zero attached hydrogens (tertiary/aromatic N) is 2. The van der Waals surface area contributed by atoms with Crippen LogP contribution in [0.25, 0.3) is 0 Å². The minimum Gasteiger partial charge on any atom is -0.336 e. The van der Waals surface area contributed by atoms with Crippen LogP contribution in [0, 0.1) is 0 Å². The molecule has 1 fully saturated rings. The molecule has 0 unspecified atom stereocenters. The Morgan fingerprint density at radius 2 is 1.59 bits per heavy atom. The van der Waals surface area contributed by atoms with Crippen LogP contribution >= 0.6 is 11.8 Å². The van der Waals surface area contributed by atoms with Gasteiger partial charge in [0.1, 0.15) is 0 Å². The Morgan fingerprint density at radius 3 is 2.14 bits per heavy atom. The highest BCUT2D eigenvalue weighted by atomic mass is 32.2. The summed E-state index contributed by atoms with van der Waals surface area (Å²) in [4.78, 5) is 29.7.